The summed E-state index contributed by atoms with van der Waals surface area (Å²) in [4.78, 5) is 0. The third kappa shape index (κ3) is 0.834. The van der Waals surface area contributed by atoms with Crippen LogP contribution in [0.5, 0.6) is 0 Å². The van der Waals surface area contributed by atoms with Gasteiger partial charge in [0.25, 0.3) is 0 Å². The second kappa shape index (κ2) is 2.73. The average molecular weight is 167 g/mol. The van der Waals surface area contributed by atoms with Gasteiger partial charge in [-0.2, -0.15) is 0 Å². The highest BCUT2D eigenvalue weighted by atomic mass is 14.7. The Morgan fingerprint density at radius 1 is 1.00 bits per heavy atom. The Hall–Kier alpha value is -0.0400. The van der Waals surface area contributed by atoms with Gasteiger partial charge in [0.2, 0.25) is 0 Å². The molecule has 2 fully saturated rings. The van der Waals surface area contributed by atoms with Gasteiger partial charge in [-0.1, -0.05) is 19.8 Å². The van der Waals surface area contributed by atoms with Crippen molar-refractivity contribution in [1.29, 1.82) is 0 Å². The number of nitrogens with two attached hydrogens (primary N) is 1. The molecule has 2 aliphatic carbocycles. The largest absolute Gasteiger partial charge is 0.330 e. The molecule has 1 heteroatoms. The van der Waals surface area contributed by atoms with Crippen molar-refractivity contribution in [3.05, 3.63) is 0 Å². The van der Waals surface area contributed by atoms with Crippen LogP contribution in [-0.4, -0.2) is 6.54 Å². The van der Waals surface area contributed by atoms with Crippen LogP contribution in [0.1, 0.15) is 51.9 Å². The Morgan fingerprint density at radius 2 is 1.50 bits per heavy atom. The molecule has 0 aromatic rings. The number of hydrogen-bond donors (Lipinski definition) is 1. The van der Waals surface area contributed by atoms with Gasteiger partial charge >= 0.3 is 0 Å². The monoisotopic (exact) mass is 167 g/mol. The van der Waals surface area contributed by atoms with Gasteiger partial charge in [-0.3, -0.25) is 0 Å². The van der Waals surface area contributed by atoms with E-state index >= 15 is 0 Å². The normalized spacial score (nSPS) is 30.5. The molecule has 0 heterocycles. The summed E-state index contributed by atoms with van der Waals surface area (Å²) in [5.41, 5.74) is 7.20. The van der Waals surface area contributed by atoms with E-state index in [0.717, 1.165) is 6.54 Å². The Labute approximate surface area is 75.7 Å². The third-order valence-corrected chi connectivity index (χ3v) is 4.81. The molecule has 0 saturated heterocycles. The van der Waals surface area contributed by atoms with Gasteiger partial charge in [0.15, 0.2) is 0 Å². The van der Waals surface area contributed by atoms with Crippen molar-refractivity contribution < 1.29 is 0 Å². The minimum atomic E-state index is 0.583. The van der Waals surface area contributed by atoms with Crippen molar-refractivity contribution in [1.82, 2.24) is 0 Å². The summed E-state index contributed by atoms with van der Waals surface area (Å²) in [6.07, 6.45) is 9.99. The molecule has 12 heavy (non-hydrogen) atoms. The van der Waals surface area contributed by atoms with Crippen molar-refractivity contribution in [2.75, 3.05) is 6.54 Å². The molecule has 70 valence electrons. The van der Waals surface area contributed by atoms with Crippen molar-refractivity contribution in [2.24, 2.45) is 16.6 Å². The summed E-state index contributed by atoms with van der Waals surface area (Å²) < 4.78 is 0. The van der Waals surface area contributed by atoms with E-state index in [9.17, 15) is 0 Å². The lowest BCUT2D eigenvalue weighted by Crippen LogP contribution is -2.54. The molecule has 0 amide bonds. The van der Waals surface area contributed by atoms with Gasteiger partial charge in [-0.15, -0.1) is 0 Å². The van der Waals surface area contributed by atoms with E-state index in [1.165, 1.54) is 44.9 Å². The molecule has 1 nitrogen and oxygen atoms in total. The fourth-order valence-corrected chi connectivity index (χ4v) is 3.42. The van der Waals surface area contributed by atoms with Crippen LogP contribution in [0.4, 0.5) is 0 Å². The van der Waals surface area contributed by atoms with E-state index in [2.05, 4.69) is 6.92 Å². The van der Waals surface area contributed by atoms with Crippen molar-refractivity contribution >= 4 is 0 Å². The number of rotatable bonds is 3. The third-order valence-electron chi connectivity index (χ3n) is 4.81. The van der Waals surface area contributed by atoms with Crippen molar-refractivity contribution in [2.45, 2.75) is 51.9 Å². The molecule has 0 aromatic heterocycles. The molecule has 2 rings (SSSR count). The standard InChI is InChI=1S/C11H21N/c1-2-10(5-3-6-10)11(9-12)7-4-8-11/h2-9,12H2,1H3. The maximum Gasteiger partial charge on any atom is -0.00152 e. The molecule has 0 radical (unpaired) electrons. The molecular formula is C11H21N. The zero-order valence-corrected chi connectivity index (χ0v) is 8.23. The first-order valence-electron chi connectivity index (χ1n) is 5.49. The lowest BCUT2D eigenvalue weighted by atomic mass is 9.45. The highest BCUT2D eigenvalue weighted by Gasteiger charge is 2.55. The Balaban J connectivity index is 2.13. The van der Waals surface area contributed by atoms with Gasteiger partial charge in [0.05, 0.1) is 0 Å². The fraction of sp³-hybridized carbons (Fsp3) is 1.00. The van der Waals surface area contributed by atoms with Gasteiger partial charge < -0.3 is 5.73 Å². The Morgan fingerprint density at radius 3 is 1.58 bits per heavy atom. The molecule has 0 atom stereocenters. The van der Waals surface area contributed by atoms with Gasteiger partial charge in [0.1, 0.15) is 0 Å². The minimum Gasteiger partial charge on any atom is -0.330 e. The summed E-state index contributed by atoms with van der Waals surface area (Å²) in [5, 5.41) is 0. The fourth-order valence-electron chi connectivity index (χ4n) is 3.42. The summed E-state index contributed by atoms with van der Waals surface area (Å²) in [5.74, 6) is 0. The van der Waals surface area contributed by atoms with E-state index in [1.54, 1.807) is 0 Å². The smallest absolute Gasteiger partial charge is 0.00152 e. The SMILES string of the molecule is CCC1(C2(CN)CCC2)CCC1. The van der Waals surface area contributed by atoms with Crippen LogP contribution in [0.15, 0.2) is 0 Å². The first kappa shape index (κ1) is 8.55. The van der Waals surface area contributed by atoms with Crippen LogP contribution in [0.25, 0.3) is 0 Å². The number of hydrogen-bond acceptors (Lipinski definition) is 1. The van der Waals surface area contributed by atoms with Crippen LogP contribution in [0.3, 0.4) is 0 Å². The first-order chi connectivity index (χ1) is 5.79. The maximum absolute atomic E-state index is 5.94. The zero-order valence-electron chi connectivity index (χ0n) is 8.23. The maximum atomic E-state index is 5.94. The van der Waals surface area contributed by atoms with Gasteiger partial charge in [-0.05, 0) is 49.5 Å². The molecule has 2 aliphatic rings. The van der Waals surface area contributed by atoms with E-state index < -0.39 is 0 Å². The molecule has 0 spiro atoms. The van der Waals surface area contributed by atoms with Crippen LogP contribution in [0.2, 0.25) is 0 Å². The van der Waals surface area contributed by atoms with Gasteiger partial charge in [0, 0.05) is 0 Å². The van der Waals surface area contributed by atoms with Crippen LogP contribution in [0, 0.1) is 10.8 Å². The predicted molar refractivity (Wildman–Crippen MR) is 51.9 cm³/mol. The highest BCUT2D eigenvalue weighted by molar-refractivity contribution is 5.06. The summed E-state index contributed by atoms with van der Waals surface area (Å²) in [6.45, 7) is 3.30. The lowest BCUT2D eigenvalue weighted by molar-refractivity contribution is -0.0926. The summed E-state index contributed by atoms with van der Waals surface area (Å²) >= 11 is 0. The minimum absolute atomic E-state index is 0.583. The van der Waals surface area contributed by atoms with Crippen molar-refractivity contribution in [3.8, 4) is 0 Å². The summed E-state index contributed by atoms with van der Waals surface area (Å²) in [6, 6.07) is 0. The average Bonchev–Trinajstić information content (AvgIpc) is 1.92. The second-order valence-corrected chi connectivity index (χ2v) is 4.83. The Kier molecular flexibility index (Phi) is 1.95. The Bertz CT molecular complexity index is 135. The molecular weight excluding hydrogens is 146 g/mol. The first-order valence-corrected chi connectivity index (χ1v) is 5.49. The molecule has 0 unspecified atom stereocenters. The molecule has 0 aliphatic heterocycles. The molecule has 2 N–H and O–H groups in total. The lowest BCUT2D eigenvalue weighted by Gasteiger charge is -2.60. The van der Waals surface area contributed by atoms with Gasteiger partial charge in [-0.25, -0.2) is 0 Å². The zero-order chi connectivity index (χ0) is 8.66. The van der Waals surface area contributed by atoms with E-state index in [0.29, 0.717) is 10.8 Å². The summed E-state index contributed by atoms with van der Waals surface area (Å²) in [7, 11) is 0. The quantitative estimate of drug-likeness (QED) is 0.687. The van der Waals surface area contributed by atoms with Crippen molar-refractivity contribution in [3.63, 3.8) is 0 Å². The van der Waals surface area contributed by atoms with E-state index in [1.807, 2.05) is 0 Å². The van der Waals surface area contributed by atoms with E-state index in [-0.39, 0.29) is 0 Å². The van der Waals surface area contributed by atoms with Crippen LogP contribution < -0.4 is 5.73 Å². The topological polar surface area (TPSA) is 26.0 Å². The molecule has 0 bridgehead atoms. The molecule has 0 aromatic carbocycles. The second-order valence-electron chi connectivity index (χ2n) is 4.83. The van der Waals surface area contributed by atoms with Crippen LogP contribution >= 0.6 is 0 Å². The molecule has 2 saturated carbocycles. The predicted octanol–water partition coefficient (Wildman–Crippen LogP) is 2.70. The highest BCUT2D eigenvalue weighted by Crippen LogP contribution is 2.63. The van der Waals surface area contributed by atoms with Crippen LogP contribution in [-0.2, 0) is 0 Å². The van der Waals surface area contributed by atoms with E-state index in [4.69, 9.17) is 5.73 Å².